The molecule has 2 fully saturated rings. The number of hydrogen-bond acceptors (Lipinski definition) is 2. The van der Waals surface area contributed by atoms with E-state index >= 15 is 0 Å². The first-order valence-electron chi connectivity index (χ1n) is 5.15. The zero-order chi connectivity index (χ0) is 9.26. The van der Waals surface area contributed by atoms with Crippen LogP contribution in [0.25, 0.3) is 0 Å². The van der Waals surface area contributed by atoms with Crippen LogP contribution >= 0.6 is 0 Å². The number of amides is 1. The van der Waals surface area contributed by atoms with Crippen molar-refractivity contribution in [1.82, 2.24) is 5.32 Å². The monoisotopic (exact) mass is 183 g/mol. The molecule has 1 saturated carbocycles. The van der Waals surface area contributed by atoms with Crippen molar-refractivity contribution < 1.29 is 9.53 Å². The Morgan fingerprint density at radius 1 is 1.38 bits per heavy atom. The van der Waals surface area contributed by atoms with E-state index in [0.717, 1.165) is 32.5 Å². The Morgan fingerprint density at radius 2 is 2.00 bits per heavy atom. The van der Waals surface area contributed by atoms with Gasteiger partial charge in [0.1, 0.15) is 0 Å². The third-order valence-electron chi connectivity index (χ3n) is 3.01. The van der Waals surface area contributed by atoms with E-state index < -0.39 is 0 Å². The summed E-state index contributed by atoms with van der Waals surface area (Å²) in [5.41, 5.74) is 0. The van der Waals surface area contributed by atoms with Crippen molar-refractivity contribution in [2.24, 2.45) is 11.8 Å². The van der Waals surface area contributed by atoms with Gasteiger partial charge in [-0.05, 0) is 25.2 Å². The largest absolute Gasteiger partial charge is 0.381 e. The molecule has 2 atom stereocenters. The van der Waals surface area contributed by atoms with E-state index in [1.54, 1.807) is 0 Å². The van der Waals surface area contributed by atoms with Gasteiger partial charge in [0, 0.05) is 25.2 Å². The Kier molecular flexibility index (Phi) is 2.54. The van der Waals surface area contributed by atoms with Gasteiger partial charge in [-0.2, -0.15) is 0 Å². The third-order valence-corrected chi connectivity index (χ3v) is 3.01. The van der Waals surface area contributed by atoms with Crippen LogP contribution in [0.2, 0.25) is 0 Å². The van der Waals surface area contributed by atoms with Gasteiger partial charge in [0.25, 0.3) is 0 Å². The van der Waals surface area contributed by atoms with Gasteiger partial charge >= 0.3 is 0 Å². The van der Waals surface area contributed by atoms with Gasteiger partial charge in [-0.15, -0.1) is 0 Å². The summed E-state index contributed by atoms with van der Waals surface area (Å²) in [7, 11) is 0. The van der Waals surface area contributed by atoms with Crippen molar-refractivity contribution in [1.29, 1.82) is 0 Å². The Balaban J connectivity index is 1.73. The van der Waals surface area contributed by atoms with Crippen molar-refractivity contribution in [3.8, 4) is 0 Å². The second-order valence-corrected chi connectivity index (χ2v) is 4.21. The van der Waals surface area contributed by atoms with E-state index in [4.69, 9.17) is 4.74 Å². The molecular formula is C10H17NO2. The van der Waals surface area contributed by atoms with Crippen molar-refractivity contribution in [2.75, 3.05) is 13.2 Å². The second kappa shape index (κ2) is 3.66. The SMILES string of the molecule is C[C@@H]1C[C@H]1C(=O)NC1CCOCC1. The lowest BCUT2D eigenvalue weighted by molar-refractivity contribution is -0.123. The molecule has 1 aliphatic carbocycles. The summed E-state index contributed by atoms with van der Waals surface area (Å²) in [6, 6.07) is 0.369. The average molecular weight is 183 g/mol. The van der Waals surface area contributed by atoms with Crippen LogP contribution in [-0.4, -0.2) is 25.2 Å². The maximum atomic E-state index is 11.5. The fourth-order valence-electron chi connectivity index (χ4n) is 1.84. The molecule has 0 aromatic carbocycles. The molecule has 1 heterocycles. The van der Waals surface area contributed by atoms with Crippen LogP contribution in [0, 0.1) is 11.8 Å². The molecule has 1 aliphatic heterocycles. The number of ether oxygens (including phenoxy) is 1. The zero-order valence-corrected chi connectivity index (χ0v) is 8.08. The van der Waals surface area contributed by atoms with Crippen LogP contribution in [0.5, 0.6) is 0 Å². The van der Waals surface area contributed by atoms with Gasteiger partial charge < -0.3 is 10.1 Å². The maximum absolute atomic E-state index is 11.5. The van der Waals surface area contributed by atoms with Gasteiger partial charge in [0.2, 0.25) is 5.91 Å². The average Bonchev–Trinajstić information content (AvgIpc) is 2.84. The normalized spacial score (nSPS) is 34.2. The van der Waals surface area contributed by atoms with Crippen LogP contribution in [0.4, 0.5) is 0 Å². The number of hydrogen-bond donors (Lipinski definition) is 1. The lowest BCUT2D eigenvalue weighted by Crippen LogP contribution is -2.39. The molecule has 2 rings (SSSR count). The minimum atomic E-state index is 0.263. The standard InChI is InChI=1S/C10H17NO2/c1-7-6-9(7)10(12)11-8-2-4-13-5-3-8/h7-9H,2-6H2,1H3,(H,11,12)/t7-,9-/m1/s1. The maximum Gasteiger partial charge on any atom is 0.223 e. The summed E-state index contributed by atoms with van der Waals surface area (Å²) < 4.78 is 5.23. The van der Waals surface area contributed by atoms with Gasteiger partial charge in [0.05, 0.1) is 0 Å². The summed E-state index contributed by atoms with van der Waals surface area (Å²) in [4.78, 5) is 11.5. The Labute approximate surface area is 78.8 Å². The lowest BCUT2D eigenvalue weighted by Gasteiger charge is -2.23. The predicted molar refractivity (Wildman–Crippen MR) is 49.3 cm³/mol. The molecule has 0 unspecified atom stereocenters. The van der Waals surface area contributed by atoms with Crippen LogP contribution in [-0.2, 0) is 9.53 Å². The molecule has 0 aromatic rings. The molecule has 0 radical (unpaired) electrons. The fourth-order valence-corrected chi connectivity index (χ4v) is 1.84. The molecule has 3 heteroatoms. The number of carbonyl (C=O) groups is 1. The highest BCUT2D eigenvalue weighted by Crippen LogP contribution is 2.37. The van der Waals surface area contributed by atoms with Crippen LogP contribution in [0.1, 0.15) is 26.2 Å². The molecule has 74 valence electrons. The molecule has 1 amide bonds. The highest BCUT2D eigenvalue weighted by molar-refractivity contribution is 5.81. The minimum absolute atomic E-state index is 0.263. The third kappa shape index (κ3) is 2.21. The van der Waals surface area contributed by atoms with Crippen molar-refractivity contribution in [3.05, 3.63) is 0 Å². The van der Waals surface area contributed by atoms with E-state index in [1.165, 1.54) is 0 Å². The van der Waals surface area contributed by atoms with Crippen molar-refractivity contribution >= 4 is 5.91 Å². The Hall–Kier alpha value is -0.570. The quantitative estimate of drug-likeness (QED) is 0.692. The smallest absolute Gasteiger partial charge is 0.223 e. The second-order valence-electron chi connectivity index (χ2n) is 4.21. The van der Waals surface area contributed by atoms with Gasteiger partial charge in [-0.1, -0.05) is 6.92 Å². The highest BCUT2D eigenvalue weighted by Gasteiger charge is 2.39. The van der Waals surface area contributed by atoms with Gasteiger partial charge in [-0.3, -0.25) is 4.79 Å². The molecule has 2 aliphatic rings. The summed E-state index contributed by atoms with van der Waals surface area (Å²) in [6.45, 7) is 3.73. The molecule has 13 heavy (non-hydrogen) atoms. The van der Waals surface area contributed by atoms with E-state index in [9.17, 15) is 4.79 Å². The molecule has 0 spiro atoms. The molecule has 0 bridgehead atoms. The first kappa shape index (κ1) is 9.00. The van der Waals surface area contributed by atoms with Gasteiger partial charge in [-0.25, -0.2) is 0 Å². The first-order valence-corrected chi connectivity index (χ1v) is 5.15. The van der Waals surface area contributed by atoms with E-state index in [0.29, 0.717) is 17.9 Å². The van der Waals surface area contributed by atoms with Crippen LogP contribution in [0.15, 0.2) is 0 Å². The van der Waals surface area contributed by atoms with E-state index in [-0.39, 0.29) is 5.91 Å². The number of carbonyl (C=O) groups excluding carboxylic acids is 1. The van der Waals surface area contributed by atoms with Crippen molar-refractivity contribution in [3.63, 3.8) is 0 Å². The highest BCUT2D eigenvalue weighted by atomic mass is 16.5. The topological polar surface area (TPSA) is 38.3 Å². The number of rotatable bonds is 2. The van der Waals surface area contributed by atoms with Gasteiger partial charge in [0.15, 0.2) is 0 Å². The van der Waals surface area contributed by atoms with Crippen molar-refractivity contribution in [2.45, 2.75) is 32.2 Å². The van der Waals surface area contributed by atoms with Crippen LogP contribution < -0.4 is 5.32 Å². The fraction of sp³-hybridized carbons (Fsp3) is 0.900. The first-order chi connectivity index (χ1) is 6.27. The molecular weight excluding hydrogens is 166 g/mol. The molecule has 3 nitrogen and oxygen atoms in total. The minimum Gasteiger partial charge on any atom is -0.381 e. The summed E-state index contributed by atoms with van der Waals surface area (Å²) in [6.07, 6.45) is 3.04. The predicted octanol–water partition coefficient (Wildman–Crippen LogP) is 0.938. The Bertz CT molecular complexity index is 199. The Morgan fingerprint density at radius 3 is 2.54 bits per heavy atom. The zero-order valence-electron chi connectivity index (χ0n) is 8.08. The summed E-state index contributed by atoms with van der Waals surface area (Å²) in [5, 5.41) is 3.09. The molecule has 1 N–H and O–H groups in total. The molecule has 1 saturated heterocycles. The summed E-state index contributed by atoms with van der Waals surface area (Å²) >= 11 is 0. The van der Waals surface area contributed by atoms with Crippen LogP contribution in [0.3, 0.4) is 0 Å². The molecule has 0 aromatic heterocycles. The lowest BCUT2D eigenvalue weighted by atomic mass is 10.1. The van der Waals surface area contributed by atoms with E-state index in [1.807, 2.05) is 0 Å². The summed E-state index contributed by atoms with van der Waals surface area (Å²) in [5.74, 6) is 1.18. The van der Waals surface area contributed by atoms with E-state index in [2.05, 4.69) is 12.2 Å². The number of nitrogens with one attached hydrogen (secondary N) is 1.